The van der Waals surface area contributed by atoms with Gasteiger partial charge in [-0.05, 0) is 37.4 Å². The van der Waals surface area contributed by atoms with E-state index in [1.165, 1.54) is 25.9 Å². The Balaban J connectivity index is 1.78. The summed E-state index contributed by atoms with van der Waals surface area (Å²) in [6.07, 6.45) is 4.23. The van der Waals surface area contributed by atoms with Crippen LogP contribution in [0.3, 0.4) is 0 Å². The molecule has 2 unspecified atom stereocenters. The van der Waals surface area contributed by atoms with Gasteiger partial charge in [-0.25, -0.2) is 0 Å². The van der Waals surface area contributed by atoms with Crippen LogP contribution < -0.4 is 5.32 Å². The molecule has 1 aromatic heterocycles. The van der Waals surface area contributed by atoms with Crippen LogP contribution in [-0.2, 0) is 6.54 Å². The van der Waals surface area contributed by atoms with E-state index in [4.69, 9.17) is 4.42 Å². The third kappa shape index (κ3) is 3.58. The number of nitrogens with zero attached hydrogens (tertiary/aromatic N) is 1. The monoisotopic (exact) mass is 236 g/mol. The summed E-state index contributed by atoms with van der Waals surface area (Å²) in [6, 6.07) is 4.73. The van der Waals surface area contributed by atoms with E-state index in [0.717, 1.165) is 24.8 Å². The molecule has 0 saturated carbocycles. The fourth-order valence-corrected chi connectivity index (χ4v) is 2.63. The van der Waals surface area contributed by atoms with Crippen molar-refractivity contribution in [3.63, 3.8) is 0 Å². The largest absolute Gasteiger partial charge is 0.468 e. The zero-order valence-electron chi connectivity index (χ0n) is 11.0. The van der Waals surface area contributed by atoms with Gasteiger partial charge >= 0.3 is 0 Å². The second kappa shape index (κ2) is 6.22. The van der Waals surface area contributed by atoms with Crippen molar-refractivity contribution in [2.75, 3.05) is 19.6 Å². The average molecular weight is 236 g/mol. The molecule has 96 valence electrons. The van der Waals surface area contributed by atoms with Gasteiger partial charge in [-0.3, -0.25) is 4.90 Å². The van der Waals surface area contributed by atoms with E-state index in [0.29, 0.717) is 6.04 Å². The van der Waals surface area contributed by atoms with Crippen LogP contribution in [0.1, 0.15) is 32.4 Å². The molecule has 2 rings (SSSR count). The van der Waals surface area contributed by atoms with Crippen molar-refractivity contribution in [1.82, 2.24) is 10.2 Å². The number of likely N-dealkylation sites (tertiary alicyclic amines) is 1. The Morgan fingerprint density at radius 3 is 3.06 bits per heavy atom. The van der Waals surface area contributed by atoms with Gasteiger partial charge in [0.25, 0.3) is 0 Å². The molecule has 0 radical (unpaired) electrons. The number of furan rings is 1. The first-order chi connectivity index (χ1) is 8.29. The number of hydrogen-bond acceptors (Lipinski definition) is 3. The first kappa shape index (κ1) is 12.7. The van der Waals surface area contributed by atoms with Crippen molar-refractivity contribution in [2.24, 2.45) is 5.92 Å². The summed E-state index contributed by atoms with van der Waals surface area (Å²) in [5.74, 6) is 1.81. The van der Waals surface area contributed by atoms with Crippen LogP contribution in [-0.4, -0.2) is 30.6 Å². The third-order valence-corrected chi connectivity index (χ3v) is 3.61. The quantitative estimate of drug-likeness (QED) is 0.851. The standard InChI is InChI=1S/C14H24N2O/c1-3-7-15-14-6-8-16(10-12(14)2)11-13-5-4-9-17-13/h4-5,9,12,14-15H,3,6-8,10-11H2,1-2H3. The molecule has 1 N–H and O–H groups in total. The van der Waals surface area contributed by atoms with Crippen LogP contribution >= 0.6 is 0 Å². The number of piperidine rings is 1. The molecule has 2 atom stereocenters. The average Bonchev–Trinajstić information content (AvgIpc) is 2.81. The lowest BCUT2D eigenvalue weighted by molar-refractivity contribution is 0.133. The van der Waals surface area contributed by atoms with Crippen LogP contribution in [0.15, 0.2) is 22.8 Å². The SMILES string of the molecule is CCCNC1CCN(Cc2ccco2)CC1C. The van der Waals surface area contributed by atoms with E-state index < -0.39 is 0 Å². The molecule has 1 aromatic rings. The fourth-order valence-electron chi connectivity index (χ4n) is 2.63. The molecule has 0 bridgehead atoms. The van der Waals surface area contributed by atoms with Crippen molar-refractivity contribution in [2.45, 2.75) is 39.3 Å². The van der Waals surface area contributed by atoms with Gasteiger partial charge in [0.15, 0.2) is 0 Å². The highest BCUT2D eigenvalue weighted by Gasteiger charge is 2.25. The highest BCUT2D eigenvalue weighted by atomic mass is 16.3. The molecule has 1 aliphatic rings. The van der Waals surface area contributed by atoms with Crippen LogP contribution in [0.25, 0.3) is 0 Å². The van der Waals surface area contributed by atoms with Crippen molar-refractivity contribution in [3.05, 3.63) is 24.2 Å². The lowest BCUT2D eigenvalue weighted by Crippen LogP contribution is -2.48. The molecule has 0 aromatic carbocycles. The Labute approximate surface area is 104 Å². The molecule has 17 heavy (non-hydrogen) atoms. The predicted molar refractivity (Wildman–Crippen MR) is 69.8 cm³/mol. The summed E-state index contributed by atoms with van der Waals surface area (Å²) in [7, 11) is 0. The molecule has 1 saturated heterocycles. The second-order valence-electron chi connectivity index (χ2n) is 5.14. The lowest BCUT2D eigenvalue weighted by Gasteiger charge is -2.37. The van der Waals surface area contributed by atoms with E-state index in [1.807, 2.05) is 6.07 Å². The topological polar surface area (TPSA) is 28.4 Å². The van der Waals surface area contributed by atoms with Gasteiger partial charge in [0, 0.05) is 19.1 Å². The van der Waals surface area contributed by atoms with E-state index >= 15 is 0 Å². The molecule has 0 amide bonds. The Bertz CT molecular complexity index is 310. The molecular formula is C14H24N2O. The summed E-state index contributed by atoms with van der Waals surface area (Å²) in [5, 5.41) is 3.65. The van der Waals surface area contributed by atoms with Crippen molar-refractivity contribution in [1.29, 1.82) is 0 Å². The first-order valence-electron chi connectivity index (χ1n) is 6.77. The van der Waals surface area contributed by atoms with Gasteiger partial charge < -0.3 is 9.73 Å². The normalized spacial score (nSPS) is 26.2. The number of nitrogens with one attached hydrogen (secondary N) is 1. The Morgan fingerprint density at radius 2 is 2.41 bits per heavy atom. The molecule has 2 heterocycles. The molecule has 0 aliphatic carbocycles. The minimum absolute atomic E-state index is 0.697. The van der Waals surface area contributed by atoms with Gasteiger partial charge in [-0.1, -0.05) is 13.8 Å². The van der Waals surface area contributed by atoms with Gasteiger partial charge in [0.05, 0.1) is 12.8 Å². The minimum Gasteiger partial charge on any atom is -0.468 e. The molecule has 1 aliphatic heterocycles. The van der Waals surface area contributed by atoms with Crippen molar-refractivity contribution >= 4 is 0 Å². The Hall–Kier alpha value is -0.800. The summed E-state index contributed by atoms with van der Waals surface area (Å²) in [5.41, 5.74) is 0. The Morgan fingerprint density at radius 1 is 1.53 bits per heavy atom. The zero-order valence-corrected chi connectivity index (χ0v) is 11.0. The third-order valence-electron chi connectivity index (χ3n) is 3.61. The minimum atomic E-state index is 0.697. The maximum atomic E-state index is 5.41. The fraction of sp³-hybridized carbons (Fsp3) is 0.714. The summed E-state index contributed by atoms with van der Waals surface area (Å²) in [6.45, 7) is 9.02. The number of hydrogen-bond donors (Lipinski definition) is 1. The maximum Gasteiger partial charge on any atom is 0.117 e. The molecule has 1 fully saturated rings. The van der Waals surface area contributed by atoms with Gasteiger partial charge in [0.2, 0.25) is 0 Å². The predicted octanol–water partition coefficient (Wildman–Crippen LogP) is 2.49. The lowest BCUT2D eigenvalue weighted by atomic mass is 9.93. The van der Waals surface area contributed by atoms with Crippen LogP contribution in [0.2, 0.25) is 0 Å². The maximum absolute atomic E-state index is 5.41. The van der Waals surface area contributed by atoms with Gasteiger partial charge in [-0.2, -0.15) is 0 Å². The smallest absolute Gasteiger partial charge is 0.117 e. The van der Waals surface area contributed by atoms with E-state index in [2.05, 4.69) is 30.1 Å². The molecular weight excluding hydrogens is 212 g/mol. The van der Waals surface area contributed by atoms with Crippen LogP contribution in [0.5, 0.6) is 0 Å². The second-order valence-corrected chi connectivity index (χ2v) is 5.14. The number of rotatable bonds is 5. The first-order valence-corrected chi connectivity index (χ1v) is 6.77. The molecule has 3 nitrogen and oxygen atoms in total. The van der Waals surface area contributed by atoms with E-state index in [9.17, 15) is 0 Å². The zero-order chi connectivity index (χ0) is 12.1. The molecule has 0 spiro atoms. The van der Waals surface area contributed by atoms with Crippen molar-refractivity contribution in [3.8, 4) is 0 Å². The van der Waals surface area contributed by atoms with Crippen molar-refractivity contribution < 1.29 is 4.42 Å². The highest BCUT2D eigenvalue weighted by molar-refractivity contribution is 4.98. The van der Waals surface area contributed by atoms with E-state index in [-0.39, 0.29) is 0 Å². The Kier molecular flexibility index (Phi) is 4.63. The van der Waals surface area contributed by atoms with Gasteiger partial charge in [0.1, 0.15) is 5.76 Å². The summed E-state index contributed by atoms with van der Waals surface area (Å²) >= 11 is 0. The van der Waals surface area contributed by atoms with Crippen LogP contribution in [0.4, 0.5) is 0 Å². The van der Waals surface area contributed by atoms with Crippen LogP contribution in [0, 0.1) is 5.92 Å². The highest BCUT2D eigenvalue weighted by Crippen LogP contribution is 2.19. The summed E-state index contributed by atoms with van der Waals surface area (Å²) in [4.78, 5) is 2.49. The summed E-state index contributed by atoms with van der Waals surface area (Å²) < 4.78 is 5.41. The molecule has 3 heteroatoms. The van der Waals surface area contributed by atoms with E-state index in [1.54, 1.807) is 6.26 Å². The van der Waals surface area contributed by atoms with Gasteiger partial charge in [-0.15, -0.1) is 0 Å².